The molecular weight excluding hydrogens is 452 g/mol. The fraction of sp³-hybridized carbons (Fsp3) is 0.208. The smallest absolute Gasteiger partial charge is 0.323 e. The molecule has 11 heteroatoms. The molecule has 2 aliphatic heterocycles. The van der Waals surface area contributed by atoms with Gasteiger partial charge in [0.05, 0.1) is 32.0 Å². The van der Waals surface area contributed by atoms with Crippen molar-refractivity contribution < 1.29 is 23.9 Å². The van der Waals surface area contributed by atoms with E-state index >= 15 is 0 Å². The molecule has 1 aromatic heterocycles. The highest BCUT2D eigenvalue weighted by Crippen LogP contribution is 2.29. The summed E-state index contributed by atoms with van der Waals surface area (Å²) in [7, 11) is 3.02. The average Bonchev–Trinajstić information content (AvgIpc) is 3.57. The molecule has 2 aliphatic rings. The number of hydrogen-bond acceptors (Lipinski definition) is 7. The van der Waals surface area contributed by atoms with Crippen molar-refractivity contribution in [2.75, 3.05) is 20.8 Å². The van der Waals surface area contributed by atoms with Gasteiger partial charge in [-0.25, -0.2) is 14.5 Å². The van der Waals surface area contributed by atoms with Gasteiger partial charge in [-0.05, 0) is 29.8 Å². The van der Waals surface area contributed by atoms with E-state index in [4.69, 9.17) is 9.47 Å². The predicted octanol–water partition coefficient (Wildman–Crippen LogP) is 0.870. The normalized spacial score (nSPS) is 18.5. The maximum Gasteiger partial charge on any atom is 0.323 e. The quantitative estimate of drug-likeness (QED) is 0.417. The van der Waals surface area contributed by atoms with E-state index < -0.39 is 17.5 Å². The van der Waals surface area contributed by atoms with Gasteiger partial charge >= 0.3 is 6.03 Å². The van der Waals surface area contributed by atoms with Crippen LogP contribution in [0.3, 0.4) is 0 Å². The number of carbonyl (C=O) groups is 3. The summed E-state index contributed by atoms with van der Waals surface area (Å²) in [6.07, 6.45) is 2.97. The van der Waals surface area contributed by atoms with Gasteiger partial charge in [0, 0.05) is 18.2 Å². The Morgan fingerprint density at radius 3 is 2.66 bits per heavy atom. The van der Waals surface area contributed by atoms with Crippen LogP contribution in [0.5, 0.6) is 11.5 Å². The fourth-order valence-corrected chi connectivity index (χ4v) is 4.05. The van der Waals surface area contributed by atoms with Crippen LogP contribution >= 0.6 is 0 Å². The molecule has 35 heavy (non-hydrogen) atoms. The minimum Gasteiger partial charge on any atom is -0.497 e. The molecule has 0 saturated carbocycles. The second kappa shape index (κ2) is 8.49. The third kappa shape index (κ3) is 3.91. The molecule has 3 heterocycles. The summed E-state index contributed by atoms with van der Waals surface area (Å²) in [5, 5.41) is 8.92. The first-order chi connectivity index (χ1) is 16.9. The molecule has 4 amide bonds. The number of urea groups is 1. The lowest BCUT2D eigenvalue weighted by molar-refractivity contribution is -0.122. The summed E-state index contributed by atoms with van der Waals surface area (Å²) in [5.74, 6) is 5.93. The summed E-state index contributed by atoms with van der Waals surface area (Å²) >= 11 is 0. The number of nitrogens with zero attached hydrogens (tertiary/aromatic N) is 4. The topological polar surface area (TPSA) is 128 Å². The lowest BCUT2D eigenvalue weighted by Crippen LogP contribution is -2.54. The number of methoxy groups -OCH3 is 2. The van der Waals surface area contributed by atoms with E-state index in [0.29, 0.717) is 28.3 Å². The van der Waals surface area contributed by atoms with Crippen LogP contribution in [0.15, 0.2) is 49.1 Å². The largest absolute Gasteiger partial charge is 0.497 e. The number of carbonyl (C=O) groups excluding carboxylic acids is 3. The number of benzene rings is 2. The summed E-state index contributed by atoms with van der Waals surface area (Å²) in [4.78, 5) is 43.4. The molecule has 11 nitrogen and oxygen atoms in total. The van der Waals surface area contributed by atoms with Gasteiger partial charge in [-0.1, -0.05) is 17.9 Å². The van der Waals surface area contributed by atoms with Crippen LogP contribution in [-0.2, 0) is 11.3 Å². The number of amides is 4. The molecule has 5 rings (SSSR count). The van der Waals surface area contributed by atoms with Crippen LogP contribution in [0, 0.1) is 11.8 Å². The predicted molar refractivity (Wildman–Crippen MR) is 122 cm³/mol. The van der Waals surface area contributed by atoms with Crippen LogP contribution in [0.1, 0.15) is 21.5 Å². The zero-order valence-electron chi connectivity index (χ0n) is 18.9. The zero-order valence-corrected chi connectivity index (χ0v) is 18.9. The van der Waals surface area contributed by atoms with Crippen LogP contribution in [0.25, 0.3) is 5.69 Å². The molecule has 176 valence electrons. The van der Waals surface area contributed by atoms with E-state index in [0.717, 1.165) is 5.56 Å². The van der Waals surface area contributed by atoms with E-state index in [-0.39, 0.29) is 19.0 Å². The van der Waals surface area contributed by atoms with Gasteiger partial charge in [0.15, 0.2) is 0 Å². The molecule has 0 bridgehead atoms. The fourth-order valence-electron chi connectivity index (χ4n) is 4.05. The summed E-state index contributed by atoms with van der Waals surface area (Å²) < 4.78 is 12.2. The van der Waals surface area contributed by atoms with Gasteiger partial charge in [0.25, 0.3) is 11.8 Å². The lowest BCUT2D eigenvalue weighted by Gasteiger charge is -2.26. The third-order valence-corrected chi connectivity index (χ3v) is 5.84. The molecule has 0 radical (unpaired) electrons. The van der Waals surface area contributed by atoms with Crippen LogP contribution in [-0.4, -0.2) is 63.8 Å². The highest BCUT2D eigenvalue weighted by molar-refractivity contribution is 6.10. The van der Waals surface area contributed by atoms with E-state index in [1.165, 1.54) is 25.4 Å². The first-order valence-electron chi connectivity index (χ1n) is 10.6. The highest BCUT2D eigenvalue weighted by atomic mass is 16.5. The zero-order chi connectivity index (χ0) is 24.6. The van der Waals surface area contributed by atoms with Gasteiger partial charge in [-0.2, -0.15) is 5.10 Å². The van der Waals surface area contributed by atoms with Crippen molar-refractivity contribution in [1.82, 2.24) is 30.3 Å². The number of fused-ring (bicyclic) bond motifs is 1. The van der Waals surface area contributed by atoms with Gasteiger partial charge < -0.3 is 19.7 Å². The Balaban J connectivity index is 1.47. The lowest BCUT2D eigenvalue weighted by atomic mass is 9.99. The van der Waals surface area contributed by atoms with Gasteiger partial charge in [0.2, 0.25) is 5.54 Å². The Bertz CT molecular complexity index is 1410. The molecule has 0 spiro atoms. The van der Waals surface area contributed by atoms with Gasteiger partial charge in [-0.3, -0.25) is 14.9 Å². The maximum absolute atomic E-state index is 13.1. The SMILES string of the molecule is COc1ccc2c(c1)C(=O)N(C[C@@]1(C#Cc3ccc(-n4cncn4)cc3OC)NC(=O)NC1=O)C2. The van der Waals surface area contributed by atoms with E-state index in [2.05, 4.69) is 32.6 Å². The second-order valence-corrected chi connectivity index (χ2v) is 7.97. The molecule has 1 fully saturated rings. The van der Waals surface area contributed by atoms with Crippen LogP contribution in [0.2, 0.25) is 0 Å². The van der Waals surface area contributed by atoms with E-state index in [1.54, 1.807) is 47.4 Å². The Labute approximate surface area is 200 Å². The average molecular weight is 472 g/mol. The van der Waals surface area contributed by atoms with Gasteiger partial charge in [-0.15, -0.1) is 0 Å². The van der Waals surface area contributed by atoms with Crippen molar-refractivity contribution in [2.24, 2.45) is 0 Å². The molecular formula is C24H20N6O5. The summed E-state index contributed by atoms with van der Waals surface area (Å²) in [6.45, 7) is 0.146. The molecule has 0 aliphatic carbocycles. The van der Waals surface area contributed by atoms with Gasteiger partial charge in [0.1, 0.15) is 24.2 Å². The standard InChI is InChI=1S/C24H20N6O5/c1-34-18-6-4-16-11-29(21(31)19(16)10-18)12-24(22(32)27-23(33)28-24)8-7-15-3-5-17(9-20(15)35-2)30-14-25-13-26-30/h3-6,9-10,13-14H,11-12H2,1-2H3,(H2,27,28,32,33)/t24-/m1/s1. The van der Waals surface area contributed by atoms with E-state index in [1.807, 2.05) is 0 Å². The molecule has 3 aromatic rings. The van der Waals surface area contributed by atoms with Crippen molar-refractivity contribution in [3.63, 3.8) is 0 Å². The maximum atomic E-state index is 13.1. The molecule has 1 saturated heterocycles. The van der Waals surface area contributed by atoms with Crippen molar-refractivity contribution in [3.05, 3.63) is 65.7 Å². The van der Waals surface area contributed by atoms with Crippen molar-refractivity contribution in [2.45, 2.75) is 12.1 Å². The van der Waals surface area contributed by atoms with E-state index in [9.17, 15) is 14.4 Å². The monoisotopic (exact) mass is 472 g/mol. The Hall–Kier alpha value is -4.85. The van der Waals surface area contributed by atoms with Crippen LogP contribution in [0.4, 0.5) is 4.79 Å². The number of nitrogens with one attached hydrogen (secondary N) is 2. The minimum absolute atomic E-state index is 0.132. The molecule has 2 N–H and O–H groups in total. The number of ether oxygens (including phenoxy) is 2. The second-order valence-electron chi connectivity index (χ2n) is 7.97. The minimum atomic E-state index is -1.63. The Morgan fingerprint density at radius 2 is 1.97 bits per heavy atom. The highest BCUT2D eigenvalue weighted by Gasteiger charge is 2.48. The van der Waals surface area contributed by atoms with Crippen molar-refractivity contribution in [3.8, 4) is 29.0 Å². The van der Waals surface area contributed by atoms with Crippen molar-refractivity contribution in [1.29, 1.82) is 0 Å². The first-order valence-corrected chi connectivity index (χ1v) is 10.6. The number of aromatic nitrogens is 3. The molecule has 0 unspecified atom stereocenters. The summed E-state index contributed by atoms with van der Waals surface area (Å²) in [6, 6.07) is 9.77. The molecule has 2 aromatic carbocycles. The number of rotatable bonds is 5. The number of imide groups is 1. The number of hydrogen-bond donors (Lipinski definition) is 2. The third-order valence-electron chi connectivity index (χ3n) is 5.84. The summed E-state index contributed by atoms with van der Waals surface area (Å²) in [5.41, 5.74) is 0.860. The molecule has 1 atom stereocenters. The van der Waals surface area contributed by atoms with Crippen molar-refractivity contribution >= 4 is 17.8 Å². The Kier molecular flexibility index (Phi) is 5.33. The first kappa shape index (κ1) is 22.0. The van der Waals surface area contributed by atoms with Crippen LogP contribution < -0.4 is 20.1 Å². The Morgan fingerprint density at radius 1 is 1.11 bits per heavy atom.